The Bertz CT molecular complexity index is 297. The van der Waals surface area contributed by atoms with Crippen molar-refractivity contribution in [2.75, 3.05) is 0 Å². The molecule has 0 N–H and O–H groups in total. The largest absolute Gasteiger partial charge is 0.300 e. The highest BCUT2D eigenvalue weighted by atomic mass is 35.7. The van der Waals surface area contributed by atoms with Gasteiger partial charge in [-0.2, -0.15) is 0 Å². The lowest BCUT2D eigenvalue weighted by molar-refractivity contribution is 0.589. The van der Waals surface area contributed by atoms with Gasteiger partial charge in [0.2, 0.25) is 6.49 Å². The van der Waals surface area contributed by atoms with Crippen LogP contribution < -0.4 is 5.30 Å². The average molecular weight is 223 g/mol. The van der Waals surface area contributed by atoms with Gasteiger partial charge in [0, 0.05) is 5.30 Å². The van der Waals surface area contributed by atoms with E-state index >= 15 is 0 Å². The van der Waals surface area contributed by atoms with Crippen molar-refractivity contribution in [1.29, 1.82) is 0 Å². The van der Waals surface area contributed by atoms with Gasteiger partial charge in [0.25, 0.3) is 0 Å². The van der Waals surface area contributed by atoms with Crippen LogP contribution in [0, 0.1) is 0 Å². The number of halogens is 2. The summed E-state index contributed by atoms with van der Waals surface area (Å²) in [7, 11) is 0. The molecule has 0 radical (unpaired) electrons. The molecule has 4 heteroatoms. The number of hydrogen-bond donors (Lipinski definition) is 0. The number of benzene rings is 1. The van der Waals surface area contributed by atoms with Gasteiger partial charge in [-0.1, -0.05) is 30.3 Å². The zero-order chi connectivity index (χ0) is 9.19. The van der Waals surface area contributed by atoms with Gasteiger partial charge < -0.3 is 4.57 Å². The van der Waals surface area contributed by atoms with Crippen molar-refractivity contribution in [3.63, 3.8) is 0 Å². The van der Waals surface area contributed by atoms with Gasteiger partial charge >= 0.3 is 0 Å². The summed E-state index contributed by atoms with van der Waals surface area (Å²) in [6, 6.07) is 8.89. The highest BCUT2D eigenvalue weighted by Gasteiger charge is 2.26. The second-order valence-corrected chi connectivity index (χ2v) is 7.40. The van der Waals surface area contributed by atoms with E-state index in [2.05, 4.69) is 0 Å². The molecule has 0 aromatic heterocycles. The normalized spacial score (nSPS) is 18.2. The standard InChI is InChI=1S/C8H9Cl2OP/c1-7(9)12(10,11)8-5-3-2-4-6-8/h2-7H,1H3. The van der Waals surface area contributed by atoms with Crippen LogP contribution in [0.5, 0.6) is 0 Å². The summed E-state index contributed by atoms with van der Waals surface area (Å²) in [6.45, 7) is -1.24. The van der Waals surface area contributed by atoms with Gasteiger partial charge in [0.15, 0.2) is 0 Å². The van der Waals surface area contributed by atoms with Crippen molar-refractivity contribution in [1.82, 2.24) is 0 Å². The lowest BCUT2D eigenvalue weighted by atomic mass is 10.4. The van der Waals surface area contributed by atoms with Crippen molar-refractivity contribution in [3.05, 3.63) is 30.3 Å². The van der Waals surface area contributed by atoms with Gasteiger partial charge in [-0.3, -0.25) is 0 Å². The maximum Gasteiger partial charge on any atom is 0.214 e. The predicted molar refractivity (Wildman–Crippen MR) is 54.9 cm³/mol. The third-order valence-electron chi connectivity index (χ3n) is 1.57. The SMILES string of the molecule is CC(Cl)P(=O)(Cl)c1ccccc1. The van der Waals surface area contributed by atoms with E-state index in [0.29, 0.717) is 5.30 Å². The molecule has 1 aromatic carbocycles. The van der Waals surface area contributed by atoms with Gasteiger partial charge in [0.05, 0.1) is 0 Å². The van der Waals surface area contributed by atoms with Crippen LogP contribution in [0.1, 0.15) is 6.92 Å². The highest BCUT2D eigenvalue weighted by molar-refractivity contribution is 7.96. The van der Waals surface area contributed by atoms with Crippen LogP contribution in [-0.4, -0.2) is 5.12 Å². The molecule has 0 spiro atoms. The van der Waals surface area contributed by atoms with Crippen molar-refractivity contribution >= 4 is 34.6 Å². The van der Waals surface area contributed by atoms with Crippen LogP contribution in [-0.2, 0) is 4.57 Å². The molecular weight excluding hydrogens is 214 g/mol. The predicted octanol–water partition coefficient (Wildman–Crippen LogP) is 3.41. The lowest BCUT2D eigenvalue weighted by Crippen LogP contribution is -2.05. The first kappa shape index (κ1) is 10.1. The first-order chi connectivity index (χ1) is 5.55. The van der Waals surface area contributed by atoms with Crippen LogP contribution in [0.15, 0.2) is 30.3 Å². The quantitative estimate of drug-likeness (QED) is 0.554. The molecule has 0 aliphatic carbocycles. The minimum atomic E-state index is -2.88. The molecule has 1 rings (SSSR count). The second-order valence-electron chi connectivity index (χ2n) is 2.49. The van der Waals surface area contributed by atoms with Crippen molar-refractivity contribution in [3.8, 4) is 0 Å². The van der Waals surface area contributed by atoms with E-state index in [-0.39, 0.29) is 0 Å². The molecule has 0 aliphatic heterocycles. The van der Waals surface area contributed by atoms with Crippen molar-refractivity contribution < 1.29 is 4.57 Å². The van der Waals surface area contributed by atoms with Gasteiger partial charge in [-0.15, -0.1) is 11.6 Å². The van der Waals surface area contributed by atoms with Crippen LogP contribution >= 0.6 is 29.3 Å². The van der Waals surface area contributed by atoms with E-state index in [4.69, 9.17) is 22.8 Å². The minimum absolute atomic E-state index is 0.526. The molecular formula is C8H9Cl2OP. The molecule has 0 saturated carbocycles. The smallest absolute Gasteiger partial charge is 0.214 e. The molecule has 1 aromatic rings. The van der Waals surface area contributed by atoms with E-state index in [9.17, 15) is 4.57 Å². The van der Waals surface area contributed by atoms with Crippen molar-refractivity contribution in [2.45, 2.75) is 12.0 Å². The van der Waals surface area contributed by atoms with E-state index in [0.717, 1.165) is 0 Å². The Kier molecular flexibility index (Phi) is 3.22. The third-order valence-corrected chi connectivity index (χ3v) is 6.07. The second kappa shape index (κ2) is 3.83. The summed E-state index contributed by atoms with van der Waals surface area (Å²) in [5, 5.41) is 0.0933. The van der Waals surface area contributed by atoms with Crippen LogP contribution in [0.3, 0.4) is 0 Å². The molecule has 66 valence electrons. The van der Waals surface area contributed by atoms with Crippen LogP contribution in [0.4, 0.5) is 0 Å². The molecule has 0 aliphatic rings. The van der Waals surface area contributed by atoms with Crippen LogP contribution in [0.2, 0.25) is 0 Å². The number of alkyl halides is 1. The zero-order valence-corrected chi connectivity index (χ0v) is 8.98. The van der Waals surface area contributed by atoms with E-state index in [1.165, 1.54) is 0 Å². The Hall–Kier alpha value is 0.0300. The zero-order valence-electron chi connectivity index (χ0n) is 6.58. The molecule has 0 bridgehead atoms. The van der Waals surface area contributed by atoms with Crippen LogP contribution in [0.25, 0.3) is 0 Å². The Morgan fingerprint density at radius 2 is 1.83 bits per heavy atom. The fraction of sp³-hybridized carbons (Fsp3) is 0.250. The monoisotopic (exact) mass is 222 g/mol. The molecule has 2 atom stereocenters. The summed E-state index contributed by atoms with van der Waals surface area (Å²) < 4.78 is 11.7. The number of hydrogen-bond acceptors (Lipinski definition) is 1. The molecule has 0 heterocycles. The molecule has 0 fully saturated rings. The first-order valence-corrected chi connectivity index (χ1v) is 6.66. The molecule has 0 amide bonds. The highest BCUT2D eigenvalue weighted by Crippen LogP contribution is 2.55. The average Bonchev–Trinajstić information content (AvgIpc) is 2.06. The van der Waals surface area contributed by atoms with Gasteiger partial charge in [-0.25, -0.2) is 0 Å². The fourth-order valence-corrected chi connectivity index (χ4v) is 2.50. The first-order valence-electron chi connectivity index (χ1n) is 3.54. The maximum atomic E-state index is 11.7. The molecule has 0 saturated heterocycles. The minimum Gasteiger partial charge on any atom is -0.300 e. The molecule has 2 unspecified atom stereocenters. The van der Waals surface area contributed by atoms with Crippen molar-refractivity contribution in [2.24, 2.45) is 0 Å². The molecule has 12 heavy (non-hydrogen) atoms. The summed E-state index contributed by atoms with van der Waals surface area (Å²) in [5.74, 6) is 0. The number of rotatable bonds is 2. The van der Waals surface area contributed by atoms with Gasteiger partial charge in [0.1, 0.15) is 5.12 Å². The summed E-state index contributed by atoms with van der Waals surface area (Å²) >= 11 is 11.5. The Labute approximate surface area is 81.8 Å². The summed E-state index contributed by atoms with van der Waals surface area (Å²) in [5.41, 5.74) is 0. The fourth-order valence-electron chi connectivity index (χ4n) is 0.837. The summed E-state index contributed by atoms with van der Waals surface area (Å²) in [4.78, 5) is 0. The summed E-state index contributed by atoms with van der Waals surface area (Å²) in [6.07, 6.45) is 0. The van der Waals surface area contributed by atoms with E-state index in [1.807, 2.05) is 6.07 Å². The topological polar surface area (TPSA) is 17.1 Å². The Morgan fingerprint density at radius 1 is 1.33 bits per heavy atom. The maximum absolute atomic E-state index is 11.7. The molecule has 1 nitrogen and oxygen atoms in total. The third kappa shape index (κ3) is 2.04. The Balaban J connectivity index is 3.07. The van der Waals surface area contributed by atoms with E-state index in [1.54, 1.807) is 31.2 Å². The van der Waals surface area contributed by atoms with Gasteiger partial charge in [-0.05, 0) is 18.2 Å². The Morgan fingerprint density at radius 3 is 2.25 bits per heavy atom. The van der Waals surface area contributed by atoms with E-state index < -0.39 is 11.6 Å². The lowest BCUT2D eigenvalue weighted by Gasteiger charge is -2.12.